The van der Waals surface area contributed by atoms with Gasteiger partial charge in [-0.25, -0.2) is 0 Å². The van der Waals surface area contributed by atoms with Gasteiger partial charge in [-0.05, 0) is 12.1 Å². The van der Waals surface area contributed by atoms with E-state index in [9.17, 15) is 9.90 Å². The maximum Gasteiger partial charge on any atom is 0.229 e. The lowest BCUT2D eigenvalue weighted by atomic mass is 10.2. The van der Waals surface area contributed by atoms with Crippen LogP contribution in [-0.4, -0.2) is 30.8 Å². The monoisotopic (exact) mass is 232 g/mol. The van der Waals surface area contributed by atoms with E-state index in [0.29, 0.717) is 17.0 Å². The molecule has 1 amide bonds. The predicted molar refractivity (Wildman–Crippen MR) is 60.7 cm³/mol. The minimum atomic E-state index is -0.636. The van der Waals surface area contributed by atoms with Gasteiger partial charge >= 0.3 is 0 Å². The van der Waals surface area contributed by atoms with Crippen LogP contribution in [0.2, 0.25) is 0 Å². The van der Waals surface area contributed by atoms with Gasteiger partial charge in [0.2, 0.25) is 5.91 Å². The molecule has 88 valence electrons. The number of aliphatic hydroxyl groups is 1. The van der Waals surface area contributed by atoms with Crippen LogP contribution in [0.1, 0.15) is 12.0 Å². The van der Waals surface area contributed by atoms with Gasteiger partial charge in [0, 0.05) is 6.07 Å². The summed E-state index contributed by atoms with van der Waals surface area (Å²) >= 11 is 0. The highest BCUT2D eigenvalue weighted by molar-refractivity contribution is 5.97. The Bertz CT molecular complexity index is 493. The van der Waals surface area contributed by atoms with Crippen molar-refractivity contribution in [3.05, 3.63) is 23.8 Å². The summed E-state index contributed by atoms with van der Waals surface area (Å²) in [4.78, 5) is 13.1. The Hall–Kier alpha value is -2.06. The molecule has 0 spiro atoms. The fourth-order valence-corrected chi connectivity index (χ4v) is 1.89. The molecule has 1 heterocycles. The lowest BCUT2D eigenvalue weighted by Gasteiger charge is -2.18. The Kier molecular flexibility index (Phi) is 2.98. The van der Waals surface area contributed by atoms with Crippen molar-refractivity contribution in [1.29, 1.82) is 5.26 Å². The van der Waals surface area contributed by atoms with E-state index in [0.717, 1.165) is 0 Å². The van der Waals surface area contributed by atoms with Gasteiger partial charge in [0.15, 0.2) is 0 Å². The number of ether oxygens (including phenoxy) is 1. The lowest BCUT2D eigenvalue weighted by molar-refractivity contribution is -0.117. The van der Waals surface area contributed by atoms with E-state index in [2.05, 4.69) is 0 Å². The van der Waals surface area contributed by atoms with E-state index in [4.69, 9.17) is 10.00 Å². The minimum Gasteiger partial charge on any atom is -0.495 e. The number of β-amino-alcohol motifs (C(OH)–C–C–N with tert-alkyl or cyclic N) is 1. The quantitative estimate of drug-likeness (QED) is 0.813. The molecule has 1 aromatic rings. The lowest BCUT2D eigenvalue weighted by Crippen LogP contribution is -2.25. The number of benzene rings is 1. The van der Waals surface area contributed by atoms with Gasteiger partial charge in [0.1, 0.15) is 5.75 Å². The predicted octanol–water partition coefficient (Wildman–Crippen LogP) is 0.664. The van der Waals surface area contributed by atoms with Gasteiger partial charge in [-0.3, -0.25) is 4.79 Å². The molecular weight excluding hydrogens is 220 g/mol. The van der Waals surface area contributed by atoms with Crippen molar-refractivity contribution >= 4 is 11.6 Å². The standard InChI is InChI=1S/C12H12N2O3/c1-17-11-4-8(6-13)2-3-10(11)14-7-9(15)5-12(14)16/h2-4,9,15H,5,7H2,1H3. The number of nitriles is 1. The van der Waals surface area contributed by atoms with Gasteiger partial charge in [-0.1, -0.05) is 0 Å². The second kappa shape index (κ2) is 4.44. The zero-order chi connectivity index (χ0) is 12.4. The van der Waals surface area contributed by atoms with E-state index in [1.165, 1.54) is 12.0 Å². The second-order valence-corrected chi connectivity index (χ2v) is 3.86. The largest absolute Gasteiger partial charge is 0.495 e. The highest BCUT2D eigenvalue weighted by atomic mass is 16.5. The molecule has 1 aliphatic rings. The number of rotatable bonds is 2. The number of hydrogen-bond acceptors (Lipinski definition) is 4. The number of aliphatic hydroxyl groups excluding tert-OH is 1. The first-order valence-electron chi connectivity index (χ1n) is 5.22. The van der Waals surface area contributed by atoms with Gasteiger partial charge in [-0.15, -0.1) is 0 Å². The third-order valence-corrected chi connectivity index (χ3v) is 2.70. The Balaban J connectivity index is 2.39. The van der Waals surface area contributed by atoms with Crippen molar-refractivity contribution < 1.29 is 14.6 Å². The highest BCUT2D eigenvalue weighted by Gasteiger charge is 2.30. The van der Waals surface area contributed by atoms with Crippen LogP contribution in [0, 0.1) is 11.3 Å². The number of anilines is 1. The molecule has 2 rings (SSSR count). The van der Waals surface area contributed by atoms with Crippen LogP contribution in [0.25, 0.3) is 0 Å². The third-order valence-electron chi connectivity index (χ3n) is 2.70. The third kappa shape index (κ3) is 2.08. The minimum absolute atomic E-state index is 0.128. The number of amides is 1. The molecule has 0 aromatic heterocycles. The first-order chi connectivity index (χ1) is 8.15. The van der Waals surface area contributed by atoms with Crippen molar-refractivity contribution in [3.8, 4) is 11.8 Å². The summed E-state index contributed by atoms with van der Waals surface area (Å²) in [6.45, 7) is 0.265. The molecule has 1 unspecified atom stereocenters. The summed E-state index contributed by atoms with van der Waals surface area (Å²) in [5.41, 5.74) is 1.06. The van der Waals surface area contributed by atoms with E-state index in [-0.39, 0.29) is 18.9 Å². The van der Waals surface area contributed by atoms with E-state index in [1.54, 1.807) is 18.2 Å². The summed E-state index contributed by atoms with van der Waals surface area (Å²) in [7, 11) is 1.48. The summed E-state index contributed by atoms with van der Waals surface area (Å²) < 4.78 is 5.16. The highest BCUT2D eigenvalue weighted by Crippen LogP contribution is 2.32. The first-order valence-corrected chi connectivity index (χ1v) is 5.22. The fourth-order valence-electron chi connectivity index (χ4n) is 1.89. The van der Waals surface area contributed by atoms with Crippen molar-refractivity contribution in [2.24, 2.45) is 0 Å². The van der Waals surface area contributed by atoms with Crippen LogP contribution >= 0.6 is 0 Å². The summed E-state index contributed by atoms with van der Waals surface area (Å²) in [6, 6.07) is 6.86. The Morgan fingerprint density at radius 3 is 2.88 bits per heavy atom. The number of nitrogens with zero attached hydrogens (tertiary/aromatic N) is 2. The van der Waals surface area contributed by atoms with E-state index in [1.807, 2.05) is 6.07 Å². The van der Waals surface area contributed by atoms with Gasteiger partial charge < -0.3 is 14.7 Å². The van der Waals surface area contributed by atoms with Crippen molar-refractivity contribution in [2.75, 3.05) is 18.6 Å². The normalized spacial score (nSPS) is 19.2. The smallest absolute Gasteiger partial charge is 0.229 e. The maximum absolute atomic E-state index is 11.7. The molecule has 1 N–H and O–H groups in total. The SMILES string of the molecule is COc1cc(C#N)ccc1N1CC(O)CC1=O. The molecule has 0 radical (unpaired) electrons. The first kappa shape index (κ1) is 11.4. The van der Waals surface area contributed by atoms with Crippen LogP contribution in [0.5, 0.6) is 5.75 Å². The summed E-state index contributed by atoms with van der Waals surface area (Å²) in [6.07, 6.45) is -0.508. The number of carbonyl (C=O) groups is 1. The maximum atomic E-state index is 11.7. The molecule has 1 fully saturated rings. The zero-order valence-corrected chi connectivity index (χ0v) is 9.38. The van der Waals surface area contributed by atoms with E-state index < -0.39 is 6.10 Å². The molecule has 5 heteroatoms. The summed E-state index contributed by atoms with van der Waals surface area (Å²) in [5, 5.41) is 18.2. The molecule has 1 aliphatic heterocycles. The molecule has 1 atom stereocenters. The van der Waals surface area contributed by atoms with Crippen LogP contribution in [0.3, 0.4) is 0 Å². The molecule has 0 bridgehead atoms. The number of hydrogen-bond donors (Lipinski definition) is 1. The fraction of sp³-hybridized carbons (Fsp3) is 0.333. The van der Waals surface area contributed by atoms with Crippen LogP contribution in [0.15, 0.2) is 18.2 Å². The molecule has 1 saturated heterocycles. The Morgan fingerprint density at radius 1 is 1.59 bits per heavy atom. The Morgan fingerprint density at radius 2 is 2.35 bits per heavy atom. The second-order valence-electron chi connectivity index (χ2n) is 3.86. The van der Waals surface area contributed by atoms with Gasteiger partial charge in [0.25, 0.3) is 0 Å². The Labute approximate surface area is 98.8 Å². The average molecular weight is 232 g/mol. The van der Waals surface area contributed by atoms with Crippen molar-refractivity contribution in [2.45, 2.75) is 12.5 Å². The number of carbonyl (C=O) groups excluding carboxylic acids is 1. The van der Waals surface area contributed by atoms with Gasteiger partial charge in [-0.2, -0.15) is 5.26 Å². The molecule has 1 aromatic carbocycles. The molecule has 17 heavy (non-hydrogen) atoms. The molecule has 0 aliphatic carbocycles. The topological polar surface area (TPSA) is 73.6 Å². The molecule has 5 nitrogen and oxygen atoms in total. The molecule has 0 saturated carbocycles. The van der Waals surface area contributed by atoms with Crippen molar-refractivity contribution in [3.63, 3.8) is 0 Å². The summed E-state index contributed by atoms with van der Waals surface area (Å²) in [5.74, 6) is 0.326. The molecular formula is C12H12N2O3. The van der Waals surface area contributed by atoms with Crippen molar-refractivity contribution in [1.82, 2.24) is 0 Å². The van der Waals surface area contributed by atoms with Crippen LogP contribution < -0.4 is 9.64 Å². The van der Waals surface area contributed by atoms with Gasteiger partial charge in [0.05, 0.1) is 43.5 Å². The van der Waals surface area contributed by atoms with Crippen LogP contribution in [0.4, 0.5) is 5.69 Å². The van der Waals surface area contributed by atoms with E-state index >= 15 is 0 Å². The zero-order valence-electron chi connectivity index (χ0n) is 9.38. The average Bonchev–Trinajstić information content (AvgIpc) is 2.67. The number of methoxy groups -OCH3 is 1. The van der Waals surface area contributed by atoms with Crippen LogP contribution in [-0.2, 0) is 4.79 Å².